The van der Waals surface area contributed by atoms with Crippen LogP contribution in [-0.2, 0) is 24.3 Å². The van der Waals surface area contributed by atoms with Gasteiger partial charge in [0.2, 0.25) is 6.41 Å². The molecule has 0 radical (unpaired) electrons. The zero-order chi connectivity index (χ0) is 22.5. The maximum Gasteiger partial charge on any atom is 0.213 e. The largest absolute Gasteiger partial charge is 0.345 e. The summed E-state index contributed by atoms with van der Waals surface area (Å²) in [6.45, 7) is 6.62. The number of benzene rings is 2. The summed E-state index contributed by atoms with van der Waals surface area (Å²) in [7, 11) is 0. The second-order valence-corrected chi connectivity index (χ2v) is 7.36. The quantitative estimate of drug-likeness (QED) is 0.318. The lowest BCUT2D eigenvalue weighted by Crippen LogP contribution is -2.16. The lowest BCUT2D eigenvalue weighted by atomic mass is 10.0. The van der Waals surface area contributed by atoms with Gasteiger partial charge in [0.25, 0.3) is 0 Å². The Morgan fingerprint density at radius 2 is 1.81 bits per heavy atom. The van der Waals surface area contributed by atoms with Crippen molar-refractivity contribution in [3.05, 3.63) is 94.6 Å². The van der Waals surface area contributed by atoms with Gasteiger partial charge in [0.05, 0.1) is 6.54 Å². The van der Waals surface area contributed by atoms with Crippen LogP contribution in [0.1, 0.15) is 30.7 Å². The number of carbonyl (C=O) groups excluding carboxylic acids is 1. The summed E-state index contributed by atoms with van der Waals surface area (Å²) in [5.41, 5.74) is 3.97. The second kappa shape index (κ2) is 9.69. The van der Waals surface area contributed by atoms with E-state index in [1.807, 2.05) is 32.9 Å². The number of fused-ring (bicyclic) bond motifs is 1. The van der Waals surface area contributed by atoms with Crippen molar-refractivity contribution in [1.29, 1.82) is 0 Å². The van der Waals surface area contributed by atoms with Crippen molar-refractivity contribution in [2.45, 2.75) is 40.3 Å². The summed E-state index contributed by atoms with van der Waals surface area (Å²) >= 11 is 0. The van der Waals surface area contributed by atoms with Crippen molar-refractivity contribution in [1.82, 2.24) is 9.47 Å². The molecule has 0 saturated carbocycles. The Balaban J connectivity index is 1.98. The molecule has 1 aromatic heterocycles. The molecule has 0 aliphatic carbocycles. The molecule has 0 spiro atoms. The van der Waals surface area contributed by atoms with Crippen LogP contribution >= 0.6 is 0 Å². The fourth-order valence-electron chi connectivity index (χ4n) is 3.89. The summed E-state index contributed by atoms with van der Waals surface area (Å²) in [6, 6.07) is 8.04. The number of nitrogens with zero attached hydrogens (tertiary/aromatic N) is 2. The molecule has 0 aliphatic rings. The standard InChI is InChI=1S/C25H25F3N2O/c1-4-6-18(14-29(16-31)15-19-7-8-21(27)13-24(19)28)11-22-17(3)30(5-2)25-10-9-20(26)12-23(22)25/h4,6-10,12-14,16H,5,11,15H2,1-3H3/b6-4-,18-14+. The van der Waals surface area contributed by atoms with Crippen molar-refractivity contribution < 1.29 is 18.0 Å². The number of aryl methyl sites for hydroxylation is 1. The Labute approximate surface area is 180 Å². The molecule has 31 heavy (non-hydrogen) atoms. The minimum Gasteiger partial charge on any atom is -0.345 e. The van der Waals surface area contributed by atoms with Crippen LogP contribution < -0.4 is 0 Å². The number of amides is 1. The number of aromatic nitrogens is 1. The summed E-state index contributed by atoms with van der Waals surface area (Å²) < 4.78 is 43.3. The van der Waals surface area contributed by atoms with Crippen molar-refractivity contribution in [3.63, 3.8) is 0 Å². The van der Waals surface area contributed by atoms with Crippen molar-refractivity contribution in [3.8, 4) is 0 Å². The van der Waals surface area contributed by atoms with Gasteiger partial charge in [-0.3, -0.25) is 4.79 Å². The van der Waals surface area contributed by atoms with E-state index >= 15 is 0 Å². The lowest BCUT2D eigenvalue weighted by Gasteiger charge is -2.15. The van der Waals surface area contributed by atoms with Crippen LogP contribution in [0.15, 0.2) is 60.3 Å². The highest BCUT2D eigenvalue weighted by atomic mass is 19.1. The smallest absolute Gasteiger partial charge is 0.213 e. The first kappa shape index (κ1) is 22.4. The Kier molecular flexibility index (Phi) is 7.00. The highest BCUT2D eigenvalue weighted by molar-refractivity contribution is 5.86. The summed E-state index contributed by atoms with van der Waals surface area (Å²) in [5, 5.41) is 0.831. The zero-order valence-electron chi connectivity index (χ0n) is 17.8. The normalized spacial score (nSPS) is 12.1. The molecule has 0 fully saturated rings. The number of hydrogen-bond acceptors (Lipinski definition) is 1. The van der Waals surface area contributed by atoms with E-state index in [9.17, 15) is 18.0 Å². The van der Waals surface area contributed by atoms with E-state index in [2.05, 4.69) is 4.57 Å². The van der Waals surface area contributed by atoms with E-state index < -0.39 is 11.6 Å². The van der Waals surface area contributed by atoms with Gasteiger partial charge in [-0.2, -0.15) is 0 Å². The zero-order valence-corrected chi connectivity index (χ0v) is 17.8. The third kappa shape index (κ3) is 4.90. The molecule has 2 aromatic carbocycles. The molecule has 3 aromatic rings. The molecule has 0 aliphatic heterocycles. The molecule has 0 atom stereocenters. The van der Waals surface area contributed by atoms with Crippen LogP contribution in [-0.4, -0.2) is 15.9 Å². The van der Waals surface area contributed by atoms with Crippen LogP contribution in [0.5, 0.6) is 0 Å². The van der Waals surface area contributed by atoms with E-state index in [4.69, 9.17) is 0 Å². The number of rotatable bonds is 8. The van der Waals surface area contributed by atoms with Crippen molar-refractivity contribution >= 4 is 17.3 Å². The molecular formula is C25H25F3N2O. The third-order valence-electron chi connectivity index (χ3n) is 5.33. The Bertz CT molecular complexity index is 1160. The van der Waals surface area contributed by atoms with Crippen LogP contribution in [0, 0.1) is 24.4 Å². The second-order valence-electron chi connectivity index (χ2n) is 7.36. The first-order valence-corrected chi connectivity index (χ1v) is 10.1. The predicted octanol–water partition coefficient (Wildman–Crippen LogP) is 6.05. The maximum absolute atomic E-state index is 14.0. The first-order chi connectivity index (χ1) is 14.9. The van der Waals surface area contributed by atoms with Crippen molar-refractivity contribution in [2.24, 2.45) is 0 Å². The molecule has 0 bridgehead atoms. The summed E-state index contributed by atoms with van der Waals surface area (Å²) in [4.78, 5) is 13.0. The van der Waals surface area contributed by atoms with E-state index in [1.165, 1.54) is 23.1 Å². The van der Waals surface area contributed by atoms with Gasteiger partial charge < -0.3 is 9.47 Å². The van der Waals surface area contributed by atoms with Gasteiger partial charge in [0.15, 0.2) is 0 Å². The SMILES string of the molecule is C/C=C\C(=C/N(C=O)Cc1ccc(F)cc1F)Cc1c(C)n(CC)c2ccc(F)cc12. The molecule has 1 heterocycles. The average molecular weight is 426 g/mol. The maximum atomic E-state index is 14.0. The molecule has 1 amide bonds. The van der Waals surface area contributed by atoms with Gasteiger partial charge in [-0.1, -0.05) is 18.2 Å². The van der Waals surface area contributed by atoms with E-state index in [0.29, 0.717) is 12.8 Å². The number of halogens is 3. The minimum atomic E-state index is -0.704. The molecule has 3 rings (SSSR count). The highest BCUT2D eigenvalue weighted by Crippen LogP contribution is 2.29. The lowest BCUT2D eigenvalue weighted by molar-refractivity contribution is -0.116. The molecule has 3 nitrogen and oxygen atoms in total. The number of carbonyl (C=O) groups is 1. The fourth-order valence-corrected chi connectivity index (χ4v) is 3.89. The highest BCUT2D eigenvalue weighted by Gasteiger charge is 2.15. The first-order valence-electron chi connectivity index (χ1n) is 10.1. The van der Waals surface area contributed by atoms with Gasteiger partial charge in [-0.05, 0) is 56.2 Å². The Hall–Kier alpha value is -3.28. The van der Waals surface area contributed by atoms with E-state index in [-0.39, 0.29) is 17.9 Å². The van der Waals surface area contributed by atoms with Gasteiger partial charge >= 0.3 is 0 Å². The number of hydrogen-bond donors (Lipinski definition) is 0. The molecule has 162 valence electrons. The Morgan fingerprint density at radius 1 is 1.10 bits per heavy atom. The summed E-state index contributed by atoms with van der Waals surface area (Å²) in [5.74, 6) is -1.68. The molecule has 0 saturated heterocycles. The van der Waals surface area contributed by atoms with Gasteiger partial charge in [0.1, 0.15) is 17.5 Å². The molecule has 0 N–H and O–H groups in total. The van der Waals surface area contributed by atoms with Gasteiger partial charge in [0, 0.05) is 47.4 Å². The van der Waals surface area contributed by atoms with Crippen LogP contribution in [0.3, 0.4) is 0 Å². The van der Waals surface area contributed by atoms with Crippen LogP contribution in [0.4, 0.5) is 13.2 Å². The monoisotopic (exact) mass is 426 g/mol. The molecule has 0 unspecified atom stereocenters. The van der Waals surface area contributed by atoms with Crippen LogP contribution in [0.2, 0.25) is 0 Å². The minimum absolute atomic E-state index is 0.0268. The average Bonchev–Trinajstić information content (AvgIpc) is 2.99. The van der Waals surface area contributed by atoms with E-state index in [0.717, 1.165) is 46.4 Å². The predicted molar refractivity (Wildman–Crippen MR) is 117 cm³/mol. The Morgan fingerprint density at radius 3 is 2.45 bits per heavy atom. The van der Waals surface area contributed by atoms with Crippen LogP contribution in [0.25, 0.3) is 10.9 Å². The third-order valence-corrected chi connectivity index (χ3v) is 5.33. The van der Waals surface area contributed by atoms with Gasteiger partial charge in [-0.25, -0.2) is 13.2 Å². The van der Waals surface area contributed by atoms with Crippen molar-refractivity contribution in [2.75, 3.05) is 0 Å². The topological polar surface area (TPSA) is 25.2 Å². The van der Waals surface area contributed by atoms with E-state index in [1.54, 1.807) is 12.3 Å². The summed E-state index contributed by atoms with van der Waals surface area (Å²) in [6.07, 6.45) is 6.44. The molecule has 6 heteroatoms. The fraction of sp³-hybridized carbons (Fsp3) is 0.240. The number of allylic oxidation sites excluding steroid dienone is 3. The van der Waals surface area contributed by atoms with Gasteiger partial charge in [-0.15, -0.1) is 0 Å². The molecular weight excluding hydrogens is 401 g/mol.